The molecule has 0 radical (unpaired) electrons. The number of aryl methyl sites for hydroxylation is 1. The Kier molecular flexibility index (Phi) is 6.60. The zero-order chi connectivity index (χ0) is 15.8. The summed E-state index contributed by atoms with van der Waals surface area (Å²) >= 11 is 0. The summed E-state index contributed by atoms with van der Waals surface area (Å²) in [6, 6.07) is 11.9. The topological polar surface area (TPSA) is 27.7 Å². The first-order valence-electron chi connectivity index (χ1n) is 7.06. The van der Waals surface area contributed by atoms with Crippen LogP contribution in [0.1, 0.15) is 19.4 Å². The summed E-state index contributed by atoms with van der Waals surface area (Å²) in [4.78, 5) is 0. The van der Waals surface area contributed by atoms with Gasteiger partial charge in [-0.2, -0.15) is 0 Å². The lowest BCUT2D eigenvalue weighted by atomic mass is 9.99. The Balaban J connectivity index is 0.00000106. The van der Waals surface area contributed by atoms with E-state index in [-0.39, 0.29) is 0 Å². The normalized spacial score (nSPS) is 9.43. The van der Waals surface area contributed by atoms with Gasteiger partial charge in [0, 0.05) is 0 Å². The summed E-state index contributed by atoms with van der Waals surface area (Å²) in [5, 5.41) is 0. The van der Waals surface area contributed by atoms with E-state index in [4.69, 9.17) is 14.2 Å². The first-order chi connectivity index (χ1) is 10.2. The molecular formula is C18H24O3. The van der Waals surface area contributed by atoms with Gasteiger partial charge in [-0.15, -0.1) is 0 Å². The van der Waals surface area contributed by atoms with Crippen molar-refractivity contribution in [2.24, 2.45) is 0 Å². The van der Waals surface area contributed by atoms with E-state index in [1.54, 1.807) is 21.3 Å². The molecule has 0 N–H and O–H groups in total. The summed E-state index contributed by atoms with van der Waals surface area (Å²) in [6.07, 6.45) is 0. The molecule has 0 saturated heterocycles. The molecule has 0 fully saturated rings. The van der Waals surface area contributed by atoms with Crippen LogP contribution in [0.4, 0.5) is 0 Å². The Bertz CT molecular complexity index is 559. The number of hydrogen-bond donors (Lipinski definition) is 0. The third-order valence-electron chi connectivity index (χ3n) is 3.13. The van der Waals surface area contributed by atoms with E-state index in [2.05, 4.69) is 6.92 Å². The van der Waals surface area contributed by atoms with Gasteiger partial charge < -0.3 is 14.2 Å². The van der Waals surface area contributed by atoms with E-state index >= 15 is 0 Å². The molecule has 0 aromatic heterocycles. The highest BCUT2D eigenvalue weighted by Gasteiger charge is 2.10. The second-order valence-electron chi connectivity index (χ2n) is 4.25. The maximum Gasteiger partial charge on any atom is 0.161 e. The lowest BCUT2D eigenvalue weighted by Crippen LogP contribution is -1.93. The van der Waals surface area contributed by atoms with Crippen LogP contribution >= 0.6 is 0 Å². The van der Waals surface area contributed by atoms with Crippen LogP contribution in [0.15, 0.2) is 36.4 Å². The second-order valence-corrected chi connectivity index (χ2v) is 4.25. The zero-order valence-corrected chi connectivity index (χ0v) is 13.7. The number of hydrogen-bond acceptors (Lipinski definition) is 3. The van der Waals surface area contributed by atoms with Crippen molar-refractivity contribution in [1.29, 1.82) is 0 Å². The number of benzene rings is 2. The summed E-state index contributed by atoms with van der Waals surface area (Å²) in [5.74, 6) is 2.33. The quantitative estimate of drug-likeness (QED) is 0.815. The van der Waals surface area contributed by atoms with E-state index < -0.39 is 0 Å². The van der Waals surface area contributed by atoms with Crippen molar-refractivity contribution >= 4 is 0 Å². The van der Waals surface area contributed by atoms with Crippen molar-refractivity contribution in [3.8, 4) is 28.4 Å². The second kappa shape index (κ2) is 8.20. The summed E-state index contributed by atoms with van der Waals surface area (Å²) in [6.45, 7) is 6.06. The molecule has 3 nitrogen and oxygen atoms in total. The molecule has 0 aliphatic rings. The van der Waals surface area contributed by atoms with Crippen molar-refractivity contribution in [3.05, 3.63) is 42.0 Å². The average molecular weight is 288 g/mol. The van der Waals surface area contributed by atoms with Crippen LogP contribution in [0, 0.1) is 6.92 Å². The molecule has 0 bridgehead atoms. The Morgan fingerprint density at radius 1 is 0.714 bits per heavy atom. The van der Waals surface area contributed by atoms with Crippen molar-refractivity contribution in [1.82, 2.24) is 0 Å². The summed E-state index contributed by atoms with van der Waals surface area (Å²) < 4.78 is 15.8. The molecule has 0 spiro atoms. The van der Waals surface area contributed by atoms with Gasteiger partial charge in [-0.1, -0.05) is 26.0 Å². The van der Waals surface area contributed by atoms with Gasteiger partial charge >= 0.3 is 0 Å². The Morgan fingerprint density at radius 2 is 1.24 bits per heavy atom. The number of rotatable bonds is 4. The van der Waals surface area contributed by atoms with Gasteiger partial charge in [-0.25, -0.2) is 0 Å². The average Bonchev–Trinajstić information content (AvgIpc) is 2.56. The van der Waals surface area contributed by atoms with Crippen LogP contribution in [0.2, 0.25) is 0 Å². The predicted octanol–water partition coefficient (Wildman–Crippen LogP) is 4.71. The minimum absolute atomic E-state index is 0.735. The zero-order valence-electron chi connectivity index (χ0n) is 13.7. The van der Waals surface area contributed by atoms with E-state index in [9.17, 15) is 0 Å². The highest BCUT2D eigenvalue weighted by atomic mass is 16.5. The van der Waals surface area contributed by atoms with Gasteiger partial charge in [0.1, 0.15) is 5.75 Å². The number of methoxy groups -OCH3 is 3. The van der Waals surface area contributed by atoms with Crippen LogP contribution in [-0.2, 0) is 0 Å². The molecule has 0 saturated carbocycles. The van der Waals surface area contributed by atoms with Gasteiger partial charge in [0.05, 0.1) is 21.3 Å². The molecule has 0 aliphatic heterocycles. The molecule has 3 heteroatoms. The lowest BCUT2D eigenvalue weighted by Gasteiger charge is -2.13. The fourth-order valence-corrected chi connectivity index (χ4v) is 2.06. The van der Waals surface area contributed by atoms with Crippen molar-refractivity contribution in [2.45, 2.75) is 20.8 Å². The molecule has 114 valence electrons. The molecule has 0 aliphatic carbocycles. The van der Waals surface area contributed by atoms with Crippen molar-refractivity contribution < 1.29 is 14.2 Å². The highest BCUT2D eigenvalue weighted by molar-refractivity contribution is 5.71. The van der Waals surface area contributed by atoms with E-state index in [1.165, 1.54) is 0 Å². The molecule has 21 heavy (non-hydrogen) atoms. The van der Waals surface area contributed by atoms with E-state index in [0.717, 1.165) is 33.9 Å². The highest BCUT2D eigenvalue weighted by Crippen LogP contribution is 2.35. The van der Waals surface area contributed by atoms with Crippen LogP contribution in [0.25, 0.3) is 11.1 Å². The van der Waals surface area contributed by atoms with Crippen LogP contribution in [0.3, 0.4) is 0 Å². The first-order valence-corrected chi connectivity index (χ1v) is 7.06. The fraction of sp³-hybridized carbons (Fsp3) is 0.333. The third-order valence-corrected chi connectivity index (χ3v) is 3.13. The van der Waals surface area contributed by atoms with Gasteiger partial charge in [0.2, 0.25) is 0 Å². The van der Waals surface area contributed by atoms with Crippen molar-refractivity contribution in [2.75, 3.05) is 21.3 Å². The smallest absolute Gasteiger partial charge is 0.161 e. The van der Waals surface area contributed by atoms with Gasteiger partial charge in [0.25, 0.3) is 0 Å². The fourth-order valence-electron chi connectivity index (χ4n) is 2.06. The Morgan fingerprint density at radius 3 is 1.71 bits per heavy atom. The Labute approximate surface area is 127 Å². The third kappa shape index (κ3) is 3.91. The van der Waals surface area contributed by atoms with Gasteiger partial charge in [-0.3, -0.25) is 0 Å². The van der Waals surface area contributed by atoms with Crippen LogP contribution < -0.4 is 14.2 Å². The molecule has 0 unspecified atom stereocenters. The molecule has 2 rings (SSSR count). The molecule has 0 heterocycles. The number of ether oxygens (including phenoxy) is 3. The van der Waals surface area contributed by atoms with E-state index in [1.807, 2.05) is 50.2 Å². The maximum absolute atomic E-state index is 5.35. The minimum Gasteiger partial charge on any atom is -0.497 e. The maximum atomic E-state index is 5.35. The monoisotopic (exact) mass is 288 g/mol. The molecule has 0 amide bonds. The predicted molar refractivity (Wildman–Crippen MR) is 87.6 cm³/mol. The molecule has 0 atom stereocenters. The first kappa shape index (κ1) is 16.9. The molecule has 2 aromatic rings. The van der Waals surface area contributed by atoms with Crippen LogP contribution in [-0.4, -0.2) is 21.3 Å². The summed E-state index contributed by atoms with van der Waals surface area (Å²) in [7, 11) is 4.95. The van der Waals surface area contributed by atoms with Crippen molar-refractivity contribution in [3.63, 3.8) is 0 Å². The largest absolute Gasteiger partial charge is 0.497 e. The minimum atomic E-state index is 0.735. The lowest BCUT2D eigenvalue weighted by molar-refractivity contribution is 0.355. The SMILES string of the molecule is CC.COc1ccc(-c2cc(OC)c(OC)cc2C)cc1. The van der Waals surface area contributed by atoms with Crippen LogP contribution in [0.5, 0.6) is 17.2 Å². The standard InChI is InChI=1S/C16H18O3.C2H6/c1-11-9-15(18-3)16(19-4)10-14(11)12-5-7-13(17-2)8-6-12;1-2/h5-10H,1-4H3;1-2H3. The van der Waals surface area contributed by atoms with Gasteiger partial charge in [-0.05, 0) is 47.9 Å². The van der Waals surface area contributed by atoms with E-state index in [0.29, 0.717) is 0 Å². The molecular weight excluding hydrogens is 264 g/mol. The Hall–Kier alpha value is -2.16. The summed E-state index contributed by atoms with van der Waals surface area (Å²) in [5.41, 5.74) is 3.39. The molecule has 2 aromatic carbocycles. The van der Waals surface area contributed by atoms with Gasteiger partial charge in [0.15, 0.2) is 11.5 Å².